The average Bonchev–Trinajstić information content (AvgIpc) is 2.03. The lowest BCUT2D eigenvalue weighted by molar-refractivity contribution is 1.42. The van der Waals surface area contributed by atoms with Gasteiger partial charge in [-0.1, -0.05) is 42.5 Å². The second-order valence-electron chi connectivity index (χ2n) is 2.02. The van der Waals surface area contributed by atoms with Crippen LogP contribution in [0.4, 0.5) is 0 Å². The first kappa shape index (κ1) is 7.07. The van der Waals surface area contributed by atoms with Crippen LogP contribution in [0.2, 0.25) is 0 Å². The van der Waals surface area contributed by atoms with Crippen molar-refractivity contribution in [3.05, 3.63) is 48.9 Å². The molecule has 49 valence electrons. The maximum absolute atomic E-state index is 6.87. The molecular weight excluding hydrogens is 120 g/mol. The third kappa shape index (κ3) is 2.06. The summed E-state index contributed by atoms with van der Waals surface area (Å²) in [5.41, 5.74) is 1.16. The fraction of sp³-hybridized carbons (Fsp3) is 0.100. The fourth-order valence-corrected chi connectivity index (χ4v) is 0.759. The number of benzene rings is 1. The summed E-state index contributed by atoms with van der Waals surface area (Å²) in [5, 5.41) is 0. The molecule has 3 radical (unpaired) electrons. The summed E-state index contributed by atoms with van der Waals surface area (Å²) >= 11 is 0. The van der Waals surface area contributed by atoms with Crippen molar-refractivity contribution >= 4 is 6.08 Å². The molecule has 0 bridgehead atoms. The van der Waals surface area contributed by atoms with Crippen LogP contribution in [0.25, 0.3) is 6.08 Å². The van der Waals surface area contributed by atoms with Gasteiger partial charge in [-0.15, -0.1) is 0 Å². The van der Waals surface area contributed by atoms with E-state index in [1.165, 1.54) is 0 Å². The number of hydrogen-bond acceptors (Lipinski definition) is 0. The van der Waals surface area contributed by atoms with E-state index in [9.17, 15) is 0 Å². The summed E-state index contributed by atoms with van der Waals surface area (Å²) in [6.07, 6.45) is 4.14. The van der Waals surface area contributed by atoms with E-state index in [0.29, 0.717) is 6.42 Å². The van der Waals surface area contributed by atoms with Crippen molar-refractivity contribution in [2.24, 2.45) is 0 Å². The lowest BCUT2D eigenvalue weighted by atomic mass is 10.2. The minimum Gasteiger partial charge on any atom is -0.0833 e. The zero-order valence-corrected chi connectivity index (χ0v) is 5.75. The Hall–Kier alpha value is -1.04. The fourth-order valence-electron chi connectivity index (χ4n) is 0.759. The highest BCUT2D eigenvalue weighted by Gasteiger charge is 1.79. The Morgan fingerprint density at radius 1 is 1.20 bits per heavy atom. The van der Waals surface area contributed by atoms with Crippen molar-refractivity contribution in [1.82, 2.24) is 0 Å². The molecule has 1 rings (SSSR count). The van der Waals surface area contributed by atoms with E-state index >= 15 is 0 Å². The molecule has 0 heteroatoms. The van der Waals surface area contributed by atoms with E-state index in [1.54, 1.807) is 0 Å². The normalized spacial score (nSPS) is 10.5. The van der Waals surface area contributed by atoms with Crippen LogP contribution in [-0.2, 0) is 0 Å². The van der Waals surface area contributed by atoms with Gasteiger partial charge in [0, 0.05) is 0 Å². The second kappa shape index (κ2) is 3.89. The number of allylic oxidation sites excluding steroid dienone is 1. The third-order valence-electron chi connectivity index (χ3n) is 1.23. The Bertz CT molecular complexity index is 197. The summed E-state index contributed by atoms with van der Waals surface area (Å²) in [5.74, 6) is 0. The molecule has 0 saturated heterocycles. The minimum atomic E-state index is 0.356. The first-order chi connectivity index (χ1) is 4.93. The van der Waals surface area contributed by atoms with Crippen LogP contribution in [0.1, 0.15) is 12.0 Å². The summed E-state index contributed by atoms with van der Waals surface area (Å²) in [4.78, 5) is 0. The Kier molecular flexibility index (Phi) is 2.75. The summed E-state index contributed by atoms with van der Waals surface area (Å²) in [7, 11) is 0. The molecule has 0 spiro atoms. The highest BCUT2D eigenvalue weighted by Crippen LogP contribution is 2.00. The second-order valence-corrected chi connectivity index (χ2v) is 2.02. The summed E-state index contributed by atoms with van der Waals surface area (Å²) in [6, 6.07) is 10.0. The molecule has 10 heavy (non-hydrogen) atoms. The molecule has 0 aliphatic carbocycles. The van der Waals surface area contributed by atoms with Crippen molar-refractivity contribution in [1.29, 1.82) is 0 Å². The smallest absolute Gasteiger partial charge is 0.00494 e. The molecule has 0 aromatic heterocycles. The molecule has 1 aromatic rings. The molecule has 0 amide bonds. The molecule has 0 aliphatic rings. The van der Waals surface area contributed by atoms with Gasteiger partial charge in [0.1, 0.15) is 0 Å². The third-order valence-corrected chi connectivity index (χ3v) is 1.23. The molecule has 0 fully saturated rings. The van der Waals surface area contributed by atoms with Gasteiger partial charge >= 0.3 is 0 Å². The van der Waals surface area contributed by atoms with E-state index in [4.69, 9.17) is 6.92 Å². The Labute approximate surface area is 62.2 Å². The van der Waals surface area contributed by atoms with E-state index in [0.717, 1.165) is 5.56 Å². The van der Waals surface area contributed by atoms with Gasteiger partial charge in [-0.2, -0.15) is 0 Å². The highest BCUT2D eigenvalue weighted by atomic mass is 13.8. The average molecular weight is 129 g/mol. The van der Waals surface area contributed by atoms with Crippen molar-refractivity contribution in [2.45, 2.75) is 6.42 Å². The largest absolute Gasteiger partial charge is 0.0833 e. The van der Waals surface area contributed by atoms with Gasteiger partial charge in [0.05, 0.1) is 0 Å². The highest BCUT2D eigenvalue weighted by molar-refractivity contribution is 5.48. The minimum absolute atomic E-state index is 0.356. The quantitative estimate of drug-likeness (QED) is 0.576. The van der Waals surface area contributed by atoms with Gasteiger partial charge in [0.25, 0.3) is 0 Å². The van der Waals surface area contributed by atoms with Crippen LogP contribution in [0.15, 0.2) is 36.4 Å². The topological polar surface area (TPSA) is 0 Å². The van der Waals surface area contributed by atoms with Crippen LogP contribution in [0.3, 0.4) is 0 Å². The molecule has 0 aliphatic heterocycles. The zero-order valence-electron chi connectivity index (χ0n) is 5.75. The van der Waals surface area contributed by atoms with E-state index < -0.39 is 0 Å². The van der Waals surface area contributed by atoms with Crippen LogP contribution in [0.5, 0.6) is 0 Å². The first-order valence-corrected chi connectivity index (χ1v) is 3.29. The maximum atomic E-state index is 6.87. The Balaban J connectivity index is 2.67. The van der Waals surface area contributed by atoms with Gasteiger partial charge < -0.3 is 0 Å². The lowest BCUT2D eigenvalue weighted by Gasteiger charge is -1.88. The van der Waals surface area contributed by atoms with Crippen molar-refractivity contribution in [3.63, 3.8) is 0 Å². The molecular formula is C10H9. The molecule has 1 aromatic carbocycles. The molecule has 0 atom stereocenters. The summed E-state index contributed by atoms with van der Waals surface area (Å²) in [6.45, 7) is 6.87. The van der Waals surface area contributed by atoms with E-state index in [2.05, 4.69) is 0 Å². The van der Waals surface area contributed by atoms with Crippen LogP contribution in [0, 0.1) is 6.92 Å². The Morgan fingerprint density at radius 2 is 1.90 bits per heavy atom. The van der Waals surface area contributed by atoms with Crippen molar-refractivity contribution < 1.29 is 0 Å². The number of rotatable bonds is 2. The van der Waals surface area contributed by atoms with Gasteiger partial charge in [-0.25, -0.2) is 0 Å². The van der Waals surface area contributed by atoms with Crippen molar-refractivity contribution in [3.8, 4) is 0 Å². The number of hydrogen-bond donors (Lipinski definition) is 0. The van der Waals surface area contributed by atoms with E-state index in [-0.39, 0.29) is 0 Å². The maximum Gasteiger partial charge on any atom is -0.00494 e. The standard InChI is InChI=1S/C10H9/c1-2-3-7-10-8-5-4-6-9-10/h3-9H,2H2. The van der Waals surface area contributed by atoms with Crippen LogP contribution < -0.4 is 0 Å². The van der Waals surface area contributed by atoms with Gasteiger partial charge in [0.2, 0.25) is 0 Å². The zero-order chi connectivity index (χ0) is 7.23. The van der Waals surface area contributed by atoms with Crippen molar-refractivity contribution in [2.75, 3.05) is 0 Å². The van der Waals surface area contributed by atoms with Crippen LogP contribution >= 0.6 is 0 Å². The summed E-state index contributed by atoms with van der Waals surface area (Å²) < 4.78 is 0. The molecule has 0 heterocycles. The Morgan fingerprint density at radius 3 is 2.50 bits per heavy atom. The molecule has 0 unspecified atom stereocenters. The predicted molar refractivity (Wildman–Crippen MR) is 43.3 cm³/mol. The first-order valence-electron chi connectivity index (χ1n) is 3.29. The monoisotopic (exact) mass is 129 g/mol. The lowest BCUT2D eigenvalue weighted by Crippen LogP contribution is -1.66. The van der Waals surface area contributed by atoms with Gasteiger partial charge in [-0.05, 0) is 18.9 Å². The molecule has 0 nitrogen and oxygen atoms in total. The predicted octanol–water partition coefficient (Wildman–Crippen LogP) is 2.68. The van der Waals surface area contributed by atoms with Gasteiger partial charge in [-0.3, -0.25) is 0 Å². The molecule has 0 saturated carbocycles. The SMILES string of the molecule is [C]CC=Cc1ccccc1. The van der Waals surface area contributed by atoms with E-state index in [1.807, 2.05) is 42.5 Å². The van der Waals surface area contributed by atoms with Gasteiger partial charge in [0.15, 0.2) is 0 Å². The van der Waals surface area contributed by atoms with Crippen LogP contribution in [-0.4, -0.2) is 0 Å². The molecule has 0 N–H and O–H groups in total.